The number of nitrogens with one attached hydrogen (secondary N) is 1. The number of morpholine rings is 1. The van der Waals surface area contributed by atoms with Crippen molar-refractivity contribution in [2.24, 2.45) is 0 Å². The summed E-state index contributed by atoms with van der Waals surface area (Å²) in [5.74, 6) is -0.0618. The molecular weight excluding hydrogens is 422 g/mol. The van der Waals surface area contributed by atoms with Gasteiger partial charge in [-0.2, -0.15) is 0 Å². The molecule has 0 spiro atoms. The Labute approximate surface area is 194 Å². The Morgan fingerprint density at radius 3 is 2.31 bits per heavy atom. The average Bonchev–Trinajstić information content (AvgIpc) is 3.11. The van der Waals surface area contributed by atoms with E-state index in [9.17, 15) is 9.59 Å². The van der Waals surface area contributed by atoms with E-state index < -0.39 is 0 Å². The van der Waals surface area contributed by atoms with E-state index in [-0.39, 0.29) is 11.8 Å². The van der Waals surface area contributed by atoms with Crippen molar-refractivity contribution in [1.82, 2.24) is 9.80 Å². The molecule has 2 aliphatic rings. The zero-order valence-corrected chi connectivity index (χ0v) is 19.7. The lowest BCUT2D eigenvalue weighted by Crippen LogP contribution is -2.41. The summed E-state index contributed by atoms with van der Waals surface area (Å²) in [6.45, 7) is 6.56. The Hall–Kier alpha value is -2.22. The van der Waals surface area contributed by atoms with E-state index in [1.807, 2.05) is 42.2 Å². The summed E-state index contributed by atoms with van der Waals surface area (Å²) in [5, 5.41) is 3.77. The third kappa shape index (κ3) is 5.57. The molecule has 2 aliphatic heterocycles. The number of amides is 2. The predicted octanol–water partition coefficient (Wildman–Crippen LogP) is 4.40. The molecule has 0 unspecified atom stereocenters. The van der Waals surface area contributed by atoms with Crippen LogP contribution in [0, 0.1) is 6.92 Å². The van der Waals surface area contributed by atoms with Crippen LogP contribution in [0.4, 0.5) is 5.00 Å². The zero-order valence-electron chi connectivity index (χ0n) is 18.9. The number of carbonyl (C=O) groups is 2. The maximum atomic E-state index is 13.5. The molecule has 0 radical (unpaired) electrons. The van der Waals surface area contributed by atoms with Gasteiger partial charge in [-0.05, 0) is 44.0 Å². The molecular formula is C25H33N3O3S. The molecule has 1 N–H and O–H groups in total. The van der Waals surface area contributed by atoms with Gasteiger partial charge in [0.1, 0.15) is 5.00 Å². The Bertz CT molecular complexity index is 914. The van der Waals surface area contributed by atoms with Crippen LogP contribution in [0.15, 0.2) is 30.3 Å². The third-order valence-electron chi connectivity index (χ3n) is 6.26. The maximum Gasteiger partial charge on any atom is 0.257 e. The van der Waals surface area contributed by atoms with E-state index in [1.54, 1.807) is 0 Å². The molecule has 172 valence electrons. The molecule has 2 saturated heterocycles. The van der Waals surface area contributed by atoms with Crippen LogP contribution in [0.5, 0.6) is 0 Å². The standard InChI is InChI=1S/C25H33N3O3S/c1-19-22(25(30)28-14-16-31-17-15-28)24(32-23(19)20-10-6-5-7-11-20)26-21(29)18-27-12-8-3-2-4-9-13-27/h5-7,10-11H,2-4,8-9,12-18H2,1H3,(H,26,29). The number of nitrogens with zero attached hydrogens (tertiary/aromatic N) is 2. The summed E-state index contributed by atoms with van der Waals surface area (Å²) in [6.07, 6.45) is 6.06. The van der Waals surface area contributed by atoms with Gasteiger partial charge >= 0.3 is 0 Å². The summed E-state index contributed by atoms with van der Waals surface area (Å²) in [6, 6.07) is 10.1. The lowest BCUT2D eigenvalue weighted by Gasteiger charge is -2.27. The number of rotatable bonds is 5. The maximum absolute atomic E-state index is 13.5. The zero-order chi connectivity index (χ0) is 22.3. The summed E-state index contributed by atoms with van der Waals surface area (Å²) in [5.41, 5.74) is 2.62. The second-order valence-electron chi connectivity index (χ2n) is 8.62. The van der Waals surface area contributed by atoms with E-state index in [0.717, 1.165) is 41.9 Å². The van der Waals surface area contributed by atoms with Crippen molar-refractivity contribution in [3.05, 3.63) is 41.5 Å². The quantitative estimate of drug-likeness (QED) is 0.726. The molecule has 2 aromatic rings. The fourth-order valence-electron chi connectivity index (χ4n) is 4.49. The van der Waals surface area contributed by atoms with Crippen LogP contribution >= 0.6 is 11.3 Å². The SMILES string of the molecule is Cc1c(-c2ccccc2)sc(NC(=O)CN2CCCCCCC2)c1C(=O)N1CCOCC1. The first-order chi connectivity index (χ1) is 15.6. The Balaban J connectivity index is 1.57. The third-order valence-corrected chi connectivity index (χ3v) is 7.52. The highest BCUT2D eigenvalue weighted by molar-refractivity contribution is 7.20. The van der Waals surface area contributed by atoms with E-state index in [1.165, 1.54) is 30.6 Å². The topological polar surface area (TPSA) is 61.9 Å². The molecule has 0 saturated carbocycles. The minimum atomic E-state index is -0.0394. The van der Waals surface area contributed by atoms with Crippen molar-refractivity contribution >= 4 is 28.2 Å². The van der Waals surface area contributed by atoms with Gasteiger partial charge in [0.05, 0.1) is 25.3 Å². The monoisotopic (exact) mass is 455 g/mol. The molecule has 2 fully saturated rings. The molecule has 0 bridgehead atoms. The van der Waals surface area contributed by atoms with Gasteiger partial charge in [-0.1, -0.05) is 49.6 Å². The van der Waals surface area contributed by atoms with Crippen LogP contribution in [0.25, 0.3) is 10.4 Å². The summed E-state index contributed by atoms with van der Waals surface area (Å²) >= 11 is 1.50. The van der Waals surface area contributed by atoms with Gasteiger partial charge in [0.15, 0.2) is 0 Å². The molecule has 1 aromatic heterocycles. The number of hydrogen-bond acceptors (Lipinski definition) is 5. The van der Waals surface area contributed by atoms with Gasteiger partial charge < -0.3 is 15.0 Å². The van der Waals surface area contributed by atoms with Crippen molar-refractivity contribution in [3.8, 4) is 10.4 Å². The minimum Gasteiger partial charge on any atom is -0.378 e. The first kappa shape index (κ1) is 23.0. The van der Waals surface area contributed by atoms with E-state index in [0.29, 0.717) is 43.4 Å². The van der Waals surface area contributed by atoms with Gasteiger partial charge in [-0.25, -0.2) is 0 Å². The van der Waals surface area contributed by atoms with Gasteiger partial charge in [0.2, 0.25) is 5.91 Å². The van der Waals surface area contributed by atoms with Crippen molar-refractivity contribution in [2.45, 2.75) is 39.0 Å². The normalized spacial score (nSPS) is 18.1. The molecule has 1 aromatic carbocycles. The molecule has 0 atom stereocenters. The van der Waals surface area contributed by atoms with E-state index >= 15 is 0 Å². The Morgan fingerprint density at radius 1 is 0.969 bits per heavy atom. The van der Waals surface area contributed by atoms with Crippen LogP contribution in [-0.4, -0.2) is 67.6 Å². The van der Waals surface area contributed by atoms with Crippen LogP contribution in [0.1, 0.15) is 48.0 Å². The van der Waals surface area contributed by atoms with Crippen LogP contribution < -0.4 is 5.32 Å². The summed E-state index contributed by atoms with van der Waals surface area (Å²) in [7, 11) is 0. The minimum absolute atomic E-state index is 0.0224. The second kappa shape index (κ2) is 11.1. The molecule has 7 heteroatoms. The molecule has 6 nitrogen and oxygen atoms in total. The van der Waals surface area contributed by atoms with Crippen molar-refractivity contribution in [2.75, 3.05) is 51.3 Å². The van der Waals surface area contributed by atoms with Crippen molar-refractivity contribution < 1.29 is 14.3 Å². The Morgan fingerprint density at radius 2 is 1.62 bits per heavy atom. The molecule has 4 rings (SSSR count). The van der Waals surface area contributed by atoms with Crippen molar-refractivity contribution in [3.63, 3.8) is 0 Å². The number of hydrogen-bond donors (Lipinski definition) is 1. The van der Waals surface area contributed by atoms with Gasteiger partial charge in [0, 0.05) is 18.0 Å². The number of anilines is 1. The highest BCUT2D eigenvalue weighted by atomic mass is 32.1. The first-order valence-electron chi connectivity index (χ1n) is 11.7. The van der Waals surface area contributed by atoms with Gasteiger partial charge in [-0.15, -0.1) is 11.3 Å². The Kier molecular flexibility index (Phi) is 7.95. The summed E-state index contributed by atoms with van der Waals surface area (Å²) in [4.78, 5) is 31.6. The van der Waals surface area contributed by atoms with E-state index in [2.05, 4.69) is 10.2 Å². The van der Waals surface area contributed by atoms with Crippen LogP contribution in [0.2, 0.25) is 0 Å². The van der Waals surface area contributed by atoms with E-state index in [4.69, 9.17) is 4.74 Å². The molecule has 32 heavy (non-hydrogen) atoms. The molecule has 3 heterocycles. The number of ether oxygens (including phenoxy) is 1. The average molecular weight is 456 g/mol. The molecule has 0 aliphatic carbocycles. The van der Waals surface area contributed by atoms with Crippen LogP contribution in [-0.2, 0) is 9.53 Å². The van der Waals surface area contributed by atoms with Gasteiger partial charge in [0.25, 0.3) is 5.91 Å². The highest BCUT2D eigenvalue weighted by Gasteiger charge is 2.28. The number of likely N-dealkylation sites (tertiary alicyclic amines) is 1. The fourth-order valence-corrected chi connectivity index (χ4v) is 5.71. The van der Waals surface area contributed by atoms with Crippen molar-refractivity contribution in [1.29, 1.82) is 0 Å². The highest BCUT2D eigenvalue weighted by Crippen LogP contribution is 2.40. The lowest BCUT2D eigenvalue weighted by molar-refractivity contribution is -0.117. The smallest absolute Gasteiger partial charge is 0.257 e. The summed E-state index contributed by atoms with van der Waals surface area (Å²) < 4.78 is 5.42. The number of thiophene rings is 1. The molecule has 2 amide bonds. The number of benzene rings is 1. The lowest BCUT2D eigenvalue weighted by atomic mass is 10.1. The largest absolute Gasteiger partial charge is 0.378 e. The second-order valence-corrected chi connectivity index (χ2v) is 9.64. The first-order valence-corrected chi connectivity index (χ1v) is 12.5. The van der Waals surface area contributed by atoms with Crippen LogP contribution in [0.3, 0.4) is 0 Å². The number of carbonyl (C=O) groups excluding carboxylic acids is 2. The fraction of sp³-hybridized carbons (Fsp3) is 0.520. The van der Waals surface area contributed by atoms with Gasteiger partial charge in [-0.3, -0.25) is 14.5 Å². The predicted molar refractivity (Wildman–Crippen MR) is 129 cm³/mol.